The quantitative estimate of drug-likeness (QED) is 0.909. The summed E-state index contributed by atoms with van der Waals surface area (Å²) in [6, 6.07) is 10.2. The molecular formula is C19H27N5. The fourth-order valence-electron chi connectivity index (χ4n) is 2.94. The molecule has 1 aromatic carbocycles. The summed E-state index contributed by atoms with van der Waals surface area (Å²) in [5, 5.41) is 11.7. The molecule has 1 unspecified atom stereocenters. The Morgan fingerprint density at radius 3 is 2.58 bits per heavy atom. The number of nitrogens with zero attached hydrogens (tertiary/aromatic N) is 3. The Kier molecular flexibility index (Phi) is 4.35. The lowest BCUT2D eigenvalue weighted by Crippen LogP contribution is -2.50. The van der Waals surface area contributed by atoms with Crippen molar-refractivity contribution in [1.29, 1.82) is 0 Å². The monoisotopic (exact) mass is 325 g/mol. The molecule has 1 atom stereocenters. The van der Waals surface area contributed by atoms with E-state index in [0.29, 0.717) is 5.92 Å². The summed E-state index contributed by atoms with van der Waals surface area (Å²) in [7, 11) is 0. The van der Waals surface area contributed by atoms with Gasteiger partial charge in [0.15, 0.2) is 5.96 Å². The van der Waals surface area contributed by atoms with Gasteiger partial charge >= 0.3 is 0 Å². The Morgan fingerprint density at radius 2 is 1.96 bits per heavy atom. The molecule has 0 saturated carbocycles. The summed E-state index contributed by atoms with van der Waals surface area (Å²) in [4.78, 5) is 4.62. The van der Waals surface area contributed by atoms with Crippen molar-refractivity contribution >= 4 is 5.96 Å². The van der Waals surface area contributed by atoms with E-state index in [1.807, 2.05) is 22.9 Å². The van der Waals surface area contributed by atoms with E-state index >= 15 is 0 Å². The summed E-state index contributed by atoms with van der Waals surface area (Å²) in [6.07, 6.45) is 0. The third kappa shape index (κ3) is 3.03. The maximum Gasteiger partial charge on any atom is 0.192 e. The van der Waals surface area contributed by atoms with E-state index in [0.717, 1.165) is 36.1 Å². The molecule has 24 heavy (non-hydrogen) atoms. The molecule has 3 rings (SSSR count). The van der Waals surface area contributed by atoms with Crippen LogP contribution in [0.2, 0.25) is 0 Å². The van der Waals surface area contributed by atoms with Gasteiger partial charge in [-0.2, -0.15) is 5.10 Å². The minimum absolute atomic E-state index is 0.0423. The first-order chi connectivity index (χ1) is 11.4. The number of rotatable bonds is 4. The maximum atomic E-state index is 4.70. The Balaban J connectivity index is 1.72. The van der Waals surface area contributed by atoms with Gasteiger partial charge in [-0.25, -0.2) is 4.68 Å². The normalized spacial score (nSPS) is 20.2. The summed E-state index contributed by atoms with van der Waals surface area (Å²) >= 11 is 0. The molecule has 2 N–H and O–H groups in total. The smallest absolute Gasteiger partial charge is 0.192 e. The molecule has 0 bridgehead atoms. The van der Waals surface area contributed by atoms with Crippen LogP contribution in [0.3, 0.4) is 0 Å². The molecule has 0 radical (unpaired) electrons. The molecule has 0 fully saturated rings. The highest BCUT2D eigenvalue weighted by molar-refractivity contribution is 5.82. The van der Waals surface area contributed by atoms with Gasteiger partial charge in [0.2, 0.25) is 0 Å². The highest BCUT2D eigenvalue weighted by Crippen LogP contribution is 2.21. The molecular weight excluding hydrogens is 298 g/mol. The molecule has 0 saturated heterocycles. The number of benzene rings is 1. The zero-order valence-corrected chi connectivity index (χ0v) is 15.2. The minimum Gasteiger partial charge on any atom is -0.352 e. The molecule has 1 aliphatic heterocycles. The Bertz CT molecular complexity index is 745. The van der Waals surface area contributed by atoms with E-state index in [2.05, 4.69) is 62.4 Å². The molecule has 2 heterocycles. The van der Waals surface area contributed by atoms with Gasteiger partial charge in [-0.3, -0.25) is 4.99 Å². The zero-order chi connectivity index (χ0) is 17.3. The Hall–Kier alpha value is -2.30. The van der Waals surface area contributed by atoms with E-state index in [-0.39, 0.29) is 5.54 Å². The van der Waals surface area contributed by atoms with E-state index in [1.165, 1.54) is 5.56 Å². The first-order valence-corrected chi connectivity index (χ1v) is 8.58. The molecule has 5 heteroatoms. The van der Waals surface area contributed by atoms with Gasteiger partial charge in [-0.15, -0.1) is 0 Å². The van der Waals surface area contributed by atoms with Crippen molar-refractivity contribution in [2.24, 2.45) is 10.9 Å². The molecule has 5 nitrogen and oxygen atoms in total. The lowest BCUT2D eigenvalue weighted by atomic mass is 9.89. The van der Waals surface area contributed by atoms with Crippen LogP contribution in [0, 0.1) is 19.8 Å². The average Bonchev–Trinajstić information content (AvgIpc) is 3.08. The van der Waals surface area contributed by atoms with Gasteiger partial charge in [-0.05, 0) is 38.8 Å². The van der Waals surface area contributed by atoms with Crippen LogP contribution in [0.15, 0.2) is 35.3 Å². The van der Waals surface area contributed by atoms with Crippen LogP contribution in [-0.4, -0.2) is 27.8 Å². The predicted octanol–water partition coefficient (Wildman–Crippen LogP) is 2.95. The van der Waals surface area contributed by atoms with Crippen molar-refractivity contribution < 1.29 is 0 Å². The molecule has 128 valence electrons. The fraction of sp³-hybridized carbons (Fsp3) is 0.474. The first kappa shape index (κ1) is 16.6. The third-order valence-corrected chi connectivity index (χ3v) is 5.12. The number of guanidine groups is 1. The first-order valence-electron chi connectivity index (χ1n) is 8.58. The van der Waals surface area contributed by atoms with Gasteiger partial charge in [0.25, 0.3) is 0 Å². The van der Waals surface area contributed by atoms with Crippen molar-refractivity contribution in [2.75, 3.05) is 6.54 Å². The molecule has 0 aliphatic carbocycles. The molecule has 1 aromatic heterocycles. The minimum atomic E-state index is 0.0423. The van der Waals surface area contributed by atoms with Crippen molar-refractivity contribution in [3.8, 4) is 5.69 Å². The predicted molar refractivity (Wildman–Crippen MR) is 98.6 cm³/mol. The van der Waals surface area contributed by atoms with Crippen LogP contribution < -0.4 is 10.6 Å². The second-order valence-electron chi connectivity index (χ2n) is 7.11. The third-order valence-electron chi connectivity index (χ3n) is 5.12. The highest BCUT2D eigenvalue weighted by Gasteiger charge is 2.33. The highest BCUT2D eigenvalue weighted by atomic mass is 15.3. The number of hydrogen-bond donors (Lipinski definition) is 2. The van der Waals surface area contributed by atoms with E-state index < -0.39 is 0 Å². The molecule has 2 aromatic rings. The number of hydrogen-bond acceptors (Lipinski definition) is 4. The van der Waals surface area contributed by atoms with Gasteiger partial charge in [0.1, 0.15) is 0 Å². The maximum absolute atomic E-state index is 4.70. The number of aliphatic imine (C=N–C) groups is 1. The number of aryl methyl sites for hydroxylation is 1. The summed E-state index contributed by atoms with van der Waals surface area (Å²) in [6.45, 7) is 12.4. The standard InChI is InChI=1S/C19H27N5/c1-13(2)19(5)12-21-18(22-19)20-11-17-14(3)23-24(15(17)4)16-9-7-6-8-10-16/h6-10,13H,11-12H2,1-5H3,(H2,20,21,22). The van der Waals surface area contributed by atoms with Crippen molar-refractivity contribution in [3.05, 3.63) is 47.3 Å². The van der Waals surface area contributed by atoms with Crippen molar-refractivity contribution in [1.82, 2.24) is 20.4 Å². The Labute approximate surface area is 144 Å². The average molecular weight is 325 g/mol. The molecule has 1 aliphatic rings. The topological polar surface area (TPSA) is 54.2 Å². The SMILES string of the molecule is Cc1nn(-c2ccccc2)c(C)c1CNC1=NCC(C)(C(C)C)N1. The van der Waals surface area contributed by atoms with Crippen molar-refractivity contribution in [3.63, 3.8) is 0 Å². The van der Waals surface area contributed by atoms with Crippen LogP contribution in [-0.2, 0) is 6.54 Å². The second kappa shape index (κ2) is 6.30. The van der Waals surface area contributed by atoms with E-state index in [1.54, 1.807) is 0 Å². The van der Waals surface area contributed by atoms with Gasteiger partial charge < -0.3 is 10.6 Å². The largest absolute Gasteiger partial charge is 0.352 e. The van der Waals surface area contributed by atoms with Crippen LogP contribution in [0.25, 0.3) is 5.69 Å². The van der Waals surface area contributed by atoms with Crippen molar-refractivity contribution in [2.45, 2.75) is 46.7 Å². The van der Waals surface area contributed by atoms with Crippen LogP contribution in [0.5, 0.6) is 0 Å². The number of para-hydroxylation sites is 1. The van der Waals surface area contributed by atoms with E-state index in [4.69, 9.17) is 5.10 Å². The lowest BCUT2D eigenvalue weighted by Gasteiger charge is -2.29. The van der Waals surface area contributed by atoms with Crippen LogP contribution >= 0.6 is 0 Å². The van der Waals surface area contributed by atoms with Gasteiger partial charge in [-0.1, -0.05) is 32.0 Å². The summed E-state index contributed by atoms with van der Waals surface area (Å²) in [5.74, 6) is 1.42. The molecule has 0 spiro atoms. The number of nitrogens with one attached hydrogen (secondary N) is 2. The fourth-order valence-corrected chi connectivity index (χ4v) is 2.94. The van der Waals surface area contributed by atoms with Crippen LogP contribution in [0.1, 0.15) is 37.7 Å². The Morgan fingerprint density at radius 1 is 1.25 bits per heavy atom. The second-order valence-corrected chi connectivity index (χ2v) is 7.11. The summed E-state index contributed by atoms with van der Waals surface area (Å²) < 4.78 is 2.01. The summed E-state index contributed by atoms with van der Waals surface area (Å²) in [5.41, 5.74) is 4.57. The van der Waals surface area contributed by atoms with E-state index in [9.17, 15) is 0 Å². The van der Waals surface area contributed by atoms with Crippen LogP contribution in [0.4, 0.5) is 0 Å². The lowest BCUT2D eigenvalue weighted by molar-refractivity contribution is 0.329. The molecule has 0 amide bonds. The zero-order valence-electron chi connectivity index (χ0n) is 15.2. The number of aromatic nitrogens is 2. The van der Waals surface area contributed by atoms with Gasteiger partial charge in [0.05, 0.1) is 23.5 Å². The van der Waals surface area contributed by atoms with Gasteiger partial charge in [0, 0.05) is 17.8 Å².